The molecule has 1 aromatic rings. The second-order valence-corrected chi connectivity index (χ2v) is 4.31. The van der Waals surface area contributed by atoms with Crippen molar-refractivity contribution in [2.24, 2.45) is 5.73 Å². The maximum Gasteiger partial charge on any atom is 0.228 e. The number of rotatable bonds is 6. The summed E-state index contributed by atoms with van der Waals surface area (Å²) in [5.74, 6) is 0.121. The Balaban J connectivity index is 3.21. The highest BCUT2D eigenvalue weighted by molar-refractivity contribution is 5.95. The number of para-hydroxylation sites is 1. The lowest BCUT2D eigenvalue weighted by Crippen LogP contribution is -2.33. The Hall–Kier alpha value is -1.35. The Morgan fingerprint density at radius 3 is 2.11 bits per heavy atom. The Bertz CT molecular complexity index is 379. The van der Waals surface area contributed by atoms with Gasteiger partial charge in [-0.2, -0.15) is 0 Å². The van der Waals surface area contributed by atoms with Crippen molar-refractivity contribution in [1.29, 1.82) is 0 Å². The lowest BCUT2D eigenvalue weighted by atomic mass is 10.0. The summed E-state index contributed by atoms with van der Waals surface area (Å²) < 4.78 is 0. The van der Waals surface area contributed by atoms with Crippen LogP contribution in [0.3, 0.4) is 0 Å². The number of nitrogens with zero attached hydrogens (tertiary/aromatic N) is 1. The first-order valence-electron chi connectivity index (χ1n) is 6.80. The number of benzene rings is 1. The van der Waals surface area contributed by atoms with Gasteiger partial charge < -0.3 is 10.6 Å². The van der Waals surface area contributed by atoms with E-state index in [1.807, 2.05) is 11.8 Å². The van der Waals surface area contributed by atoms with Crippen LogP contribution in [0, 0.1) is 0 Å². The van der Waals surface area contributed by atoms with Crippen molar-refractivity contribution in [2.45, 2.75) is 40.0 Å². The quantitative estimate of drug-likeness (QED) is 0.841. The van der Waals surface area contributed by atoms with Crippen LogP contribution >= 0.6 is 0 Å². The zero-order valence-electron chi connectivity index (χ0n) is 11.7. The largest absolute Gasteiger partial charge is 0.330 e. The molecule has 2 N–H and O–H groups in total. The molecule has 1 amide bonds. The van der Waals surface area contributed by atoms with Crippen molar-refractivity contribution in [3.8, 4) is 0 Å². The van der Waals surface area contributed by atoms with Crippen molar-refractivity contribution in [1.82, 2.24) is 0 Å². The van der Waals surface area contributed by atoms with Crippen LogP contribution in [0.15, 0.2) is 18.2 Å². The molecule has 1 rings (SSSR count). The van der Waals surface area contributed by atoms with Crippen LogP contribution in [0.25, 0.3) is 0 Å². The maximum absolute atomic E-state index is 12.2. The minimum Gasteiger partial charge on any atom is -0.330 e. The van der Waals surface area contributed by atoms with Crippen LogP contribution in [0.5, 0.6) is 0 Å². The van der Waals surface area contributed by atoms with Gasteiger partial charge in [0.15, 0.2) is 0 Å². The van der Waals surface area contributed by atoms with Crippen molar-refractivity contribution >= 4 is 11.6 Å². The highest BCUT2D eigenvalue weighted by atomic mass is 16.2. The zero-order valence-corrected chi connectivity index (χ0v) is 11.7. The van der Waals surface area contributed by atoms with Gasteiger partial charge in [0.25, 0.3) is 0 Å². The molecule has 100 valence electrons. The van der Waals surface area contributed by atoms with E-state index < -0.39 is 0 Å². The van der Waals surface area contributed by atoms with Crippen LogP contribution in [-0.2, 0) is 17.6 Å². The van der Waals surface area contributed by atoms with Gasteiger partial charge >= 0.3 is 0 Å². The van der Waals surface area contributed by atoms with Crippen LogP contribution < -0.4 is 10.6 Å². The Morgan fingerprint density at radius 1 is 1.17 bits per heavy atom. The number of carbonyl (C=O) groups excluding carboxylic acids is 1. The Labute approximate surface area is 110 Å². The predicted molar refractivity (Wildman–Crippen MR) is 76.9 cm³/mol. The van der Waals surface area contributed by atoms with E-state index >= 15 is 0 Å². The van der Waals surface area contributed by atoms with Gasteiger partial charge in [-0.05, 0) is 30.9 Å². The molecule has 0 bridgehead atoms. The van der Waals surface area contributed by atoms with E-state index in [-0.39, 0.29) is 5.91 Å². The number of hydrogen-bond donors (Lipinski definition) is 1. The summed E-state index contributed by atoms with van der Waals surface area (Å²) >= 11 is 0. The van der Waals surface area contributed by atoms with E-state index in [0.717, 1.165) is 18.5 Å². The smallest absolute Gasteiger partial charge is 0.228 e. The van der Waals surface area contributed by atoms with Crippen molar-refractivity contribution in [3.63, 3.8) is 0 Å². The molecular weight excluding hydrogens is 224 g/mol. The Kier molecular flexibility index (Phi) is 5.86. The SMILES string of the molecule is CCc1cccc(CC)c1N(CC)C(=O)CCN. The number of amides is 1. The first-order valence-corrected chi connectivity index (χ1v) is 6.80. The van der Waals surface area contributed by atoms with Gasteiger partial charge in [0, 0.05) is 25.2 Å². The molecule has 1 aromatic carbocycles. The summed E-state index contributed by atoms with van der Waals surface area (Å²) in [6, 6.07) is 6.28. The van der Waals surface area contributed by atoms with Gasteiger partial charge in [0.2, 0.25) is 5.91 Å². The summed E-state index contributed by atoms with van der Waals surface area (Å²) in [6.45, 7) is 7.37. The van der Waals surface area contributed by atoms with E-state index in [0.29, 0.717) is 19.5 Å². The number of carbonyl (C=O) groups is 1. The van der Waals surface area contributed by atoms with E-state index in [4.69, 9.17) is 5.73 Å². The molecule has 0 saturated carbocycles. The molecule has 0 fully saturated rings. The minimum atomic E-state index is 0.121. The molecule has 0 spiro atoms. The summed E-state index contributed by atoms with van der Waals surface area (Å²) in [5.41, 5.74) is 9.07. The zero-order chi connectivity index (χ0) is 13.5. The fourth-order valence-corrected chi connectivity index (χ4v) is 2.28. The molecule has 0 aromatic heterocycles. The van der Waals surface area contributed by atoms with E-state index in [1.54, 1.807) is 0 Å². The Morgan fingerprint density at radius 2 is 1.72 bits per heavy atom. The summed E-state index contributed by atoms with van der Waals surface area (Å²) in [6.07, 6.45) is 2.29. The van der Waals surface area contributed by atoms with Crippen molar-refractivity contribution in [3.05, 3.63) is 29.3 Å². The average Bonchev–Trinajstić information content (AvgIpc) is 2.40. The monoisotopic (exact) mass is 248 g/mol. The molecule has 0 unspecified atom stereocenters. The molecule has 0 aliphatic rings. The standard InChI is InChI=1S/C15H24N2O/c1-4-12-8-7-9-13(5-2)15(12)17(6-3)14(18)10-11-16/h7-9H,4-6,10-11,16H2,1-3H3. The van der Waals surface area contributed by atoms with E-state index in [2.05, 4.69) is 32.0 Å². The van der Waals surface area contributed by atoms with Crippen LogP contribution in [-0.4, -0.2) is 19.0 Å². The third-order valence-electron chi connectivity index (χ3n) is 3.21. The fraction of sp³-hybridized carbons (Fsp3) is 0.533. The molecule has 3 nitrogen and oxygen atoms in total. The van der Waals surface area contributed by atoms with E-state index in [9.17, 15) is 4.79 Å². The molecule has 0 atom stereocenters. The topological polar surface area (TPSA) is 46.3 Å². The number of nitrogens with two attached hydrogens (primary N) is 1. The summed E-state index contributed by atoms with van der Waals surface area (Å²) in [7, 11) is 0. The summed E-state index contributed by atoms with van der Waals surface area (Å²) in [5, 5.41) is 0. The molecule has 3 heteroatoms. The van der Waals surface area contributed by atoms with E-state index in [1.165, 1.54) is 11.1 Å². The molecule has 0 heterocycles. The third kappa shape index (κ3) is 3.10. The minimum absolute atomic E-state index is 0.121. The number of hydrogen-bond acceptors (Lipinski definition) is 2. The fourth-order valence-electron chi connectivity index (χ4n) is 2.28. The molecule has 0 saturated heterocycles. The molecule has 0 radical (unpaired) electrons. The van der Waals surface area contributed by atoms with Crippen LogP contribution in [0.4, 0.5) is 5.69 Å². The number of aryl methyl sites for hydroxylation is 2. The lowest BCUT2D eigenvalue weighted by Gasteiger charge is -2.26. The highest BCUT2D eigenvalue weighted by Crippen LogP contribution is 2.27. The van der Waals surface area contributed by atoms with Gasteiger partial charge in [0.05, 0.1) is 0 Å². The normalized spacial score (nSPS) is 10.4. The van der Waals surface area contributed by atoms with Crippen molar-refractivity contribution in [2.75, 3.05) is 18.0 Å². The summed E-state index contributed by atoms with van der Waals surface area (Å²) in [4.78, 5) is 14.0. The van der Waals surface area contributed by atoms with Gasteiger partial charge in [-0.15, -0.1) is 0 Å². The number of anilines is 1. The highest BCUT2D eigenvalue weighted by Gasteiger charge is 2.18. The van der Waals surface area contributed by atoms with Crippen molar-refractivity contribution < 1.29 is 4.79 Å². The van der Waals surface area contributed by atoms with Crippen LogP contribution in [0.2, 0.25) is 0 Å². The lowest BCUT2D eigenvalue weighted by molar-refractivity contribution is -0.118. The first-order chi connectivity index (χ1) is 8.69. The molecule has 0 aliphatic heterocycles. The van der Waals surface area contributed by atoms with Crippen LogP contribution in [0.1, 0.15) is 38.3 Å². The predicted octanol–water partition coefficient (Wildman–Crippen LogP) is 2.51. The maximum atomic E-state index is 12.2. The van der Waals surface area contributed by atoms with Gasteiger partial charge in [-0.1, -0.05) is 32.0 Å². The molecule has 0 aliphatic carbocycles. The average molecular weight is 248 g/mol. The van der Waals surface area contributed by atoms with Gasteiger partial charge in [0.1, 0.15) is 0 Å². The van der Waals surface area contributed by atoms with Gasteiger partial charge in [-0.25, -0.2) is 0 Å². The molecular formula is C15H24N2O. The second kappa shape index (κ2) is 7.17. The van der Waals surface area contributed by atoms with Gasteiger partial charge in [-0.3, -0.25) is 4.79 Å². The second-order valence-electron chi connectivity index (χ2n) is 4.31. The third-order valence-corrected chi connectivity index (χ3v) is 3.21. The first kappa shape index (κ1) is 14.7. The molecule has 18 heavy (non-hydrogen) atoms.